The normalized spacial score (nSPS) is 11.2. The fraction of sp³-hybridized carbons (Fsp3) is 0.115. The molecule has 2 aromatic carbocycles. The monoisotopic (exact) mass is 511 g/mol. The Labute approximate surface area is 209 Å². The fourth-order valence-electron chi connectivity index (χ4n) is 3.75. The Balaban J connectivity index is 0.00000253. The van der Waals surface area contributed by atoms with Crippen molar-refractivity contribution in [3.63, 3.8) is 0 Å². The van der Waals surface area contributed by atoms with Crippen LogP contribution < -0.4 is 15.0 Å². The lowest BCUT2D eigenvalue weighted by Crippen LogP contribution is -2.34. The Kier molecular flexibility index (Phi) is 6.71. The summed E-state index contributed by atoms with van der Waals surface area (Å²) in [5, 5.41) is 0. The summed E-state index contributed by atoms with van der Waals surface area (Å²) < 4.78 is 46.8. The number of nitrogens with one attached hydrogen (secondary N) is 2. The quantitative estimate of drug-likeness (QED) is 0.380. The number of carbonyl (C=O) groups excluding carboxylic acids is 1. The minimum Gasteiger partial charge on any atom is -0.438 e. The Morgan fingerprint density at radius 3 is 2.33 bits per heavy atom. The van der Waals surface area contributed by atoms with Gasteiger partial charge in [-0.3, -0.25) is 9.59 Å². The highest BCUT2D eigenvalue weighted by molar-refractivity contribution is 7.90. The van der Waals surface area contributed by atoms with E-state index in [1.54, 1.807) is 0 Å². The zero-order valence-corrected chi connectivity index (χ0v) is 20.4. The highest BCUT2D eigenvalue weighted by atomic mass is 32.2. The molecule has 2 heterocycles. The van der Waals surface area contributed by atoms with Crippen molar-refractivity contribution in [2.75, 3.05) is 0 Å². The van der Waals surface area contributed by atoms with Gasteiger partial charge in [0.15, 0.2) is 4.90 Å². The number of sulfonamides is 1. The molecule has 36 heavy (non-hydrogen) atoms. The molecule has 0 bridgehead atoms. The summed E-state index contributed by atoms with van der Waals surface area (Å²) in [4.78, 5) is 31.2. The molecule has 2 aromatic heterocycles. The predicted molar refractivity (Wildman–Crippen MR) is 136 cm³/mol. The number of halogens is 1. The molecule has 0 saturated heterocycles. The predicted octanol–water partition coefficient (Wildman–Crippen LogP) is 4.90. The van der Waals surface area contributed by atoms with Crippen molar-refractivity contribution in [2.24, 2.45) is 0 Å². The highest BCUT2D eigenvalue weighted by Gasteiger charge is 2.25. The molecule has 1 amide bonds. The summed E-state index contributed by atoms with van der Waals surface area (Å²) >= 11 is 0. The van der Waals surface area contributed by atoms with Crippen LogP contribution in [-0.2, 0) is 10.0 Å². The average molecular weight is 512 g/mol. The maximum absolute atomic E-state index is 13.4. The Morgan fingerprint density at radius 1 is 1.03 bits per heavy atom. The standard InChI is InChI=1S/C26H22FN3O5S.2H2/c1-15-13-16(2)23(17(3)14-15)35-26-20(10-11-21(29-26)18-6-8-19(27)9-7-18)24(31)30-36(33,34)22-5-4-12-28-25(22)32;;/h4-14H,1-3H3,(H,28,32)(H,30,31);2*1H. The van der Waals surface area contributed by atoms with Gasteiger partial charge in [0.1, 0.15) is 17.1 Å². The van der Waals surface area contributed by atoms with Crippen molar-refractivity contribution in [3.05, 3.63) is 105 Å². The largest absolute Gasteiger partial charge is 0.438 e. The minimum absolute atomic E-state index is 0. The van der Waals surface area contributed by atoms with E-state index in [4.69, 9.17) is 4.74 Å². The number of rotatable bonds is 6. The van der Waals surface area contributed by atoms with Gasteiger partial charge in [-0.15, -0.1) is 0 Å². The molecular formula is C26H26FN3O5S. The van der Waals surface area contributed by atoms with Crippen LogP contribution in [0.4, 0.5) is 4.39 Å². The van der Waals surface area contributed by atoms with Gasteiger partial charge in [0, 0.05) is 14.6 Å². The number of pyridine rings is 2. The van der Waals surface area contributed by atoms with Crippen LogP contribution in [0.25, 0.3) is 11.3 Å². The van der Waals surface area contributed by atoms with Gasteiger partial charge in [-0.2, -0.15) is 0 Å². The van der Waals surface area contributed by atoms with Crippen LogP contribution in [0.3, 0.4) is 0 Å². The third kappa shape index (κ3) is 5.18. The van der Waals surface area contributed by atoms with Crippen LogP contribution in [0.5, 0.6) is 11.6 Å². The topological polar surface area (TPSA) is 118 Å². The molecule has 4 rings (SSSR count). The van der Waals surface area contributed by atoms with Crippen LogP contribution in [0.15, 0.2) is 76.6 Å². The first-order valence-corrected chi connectivity index (χ1v) is 12.3. The van der Waals surface area contributed by atoms with E-state index in [2.05, 4.69) is 9.97 Å². The molecule has 0 aliphatic rings. The van der Waals surface area contributed by atoms with Crippen molar-refractivity contribution in [3.8, 4) is 22.9 Å². The van der Waals surface area contributed by atoms with E-state index in [0.29, 0.717) is 17.0 Å². The molecule has 0 radical (unpaired) electrons. The molecule has 0 unspecified atom stereocenters. The van der Waals surface area contributed by atoms with E-state index < -0.39 is 32.2 Å². The molecule has 0 saturated carbocycles. The summed E-state index contributed by atoms with van der Waals surface area (Å²) in [5.41, 5.74) is 2.50. The molecule has 0 aliphatic carbocycles. The first-order valence-electron chi connectivity index (χ1n) is 10.8. The highest BCUT2D eigenvalue weighted by Crippen LogP contribution is 2.32. The summed E-state index contributed by atoms with van der Waals surface area (Å²) in [6.45, 7) is 5.61. The zero-order valence-electron chi connectivity index (χ0n) is 19.6. The molecule has 2 N–H and O–H groups in total. The number of hydrogen-bond donors (Lipinski definition) is 2. The first kappa shape index (κ1) is 24.8. The van der Waals surface area contributed by atoms with Gasteiger partial charge in [-0.1, -0.05) is 17.7 Å². The number of aromatic nitrogens is 2. The molecule has 188 valence electrons. The molecule has 4 aromatic rings. The van der Waals surface area contributed by atoms with E-state index in [9.17, 15) is 22.4 Å². The maximum Gasteiger partial charge on any atom is 0.270 e. The van der Waals surface area contributed by atoms with Crippen molar-refractivity contribution in [2.45, 2.75) is 25.7 Å². The second-order valence-electron chi connectivity index (χ2n) is 8.18. The number of nitrogens with zero attached hydrogens (tertiary/aromatic N) is 1. The average Bonchev–Trinajstić information content (AvgIpc) is 2.81. The van der Waals surface area contributed by atoms with Crippen molar-refractivity contribution in [1.82, 2.24) is 14.7 Å². The van der Waals surface area contributed by atoms with E-state index in [1.807, 2.05) is 37.6 Å². The lowest BCUT2D eigenvalue weighted by atomic mass is 10.1. The lowest BCUT2D eigenvalue weighted by Gasteiger charge is -2.16. The van der Waals surface area contributed by atoms with E-state index >= 15 is 0 Å². The number of benzene rings is 2. The van der Waals surface area contributed by atoms with Crippen LogP contribution in [0, 0.1) is 26.6 Å². The first-order chi connectivity index (χ1) is 17.0. The number of amides is 1. The molecule has 0 atom stereocenters. The van der Waals surface area contributed by atoms with Gasteiger partial charge in [-0.25, -0.2) is 22.5 Å². The van der Waals surface area contributed by atoms with Crippen LogP contribution in [0.1, 0.15) is 29.9 Å². The Hall–Kier alpha value is -4.31. The summed E-state index contributed by atoms with van der Waals surface area (Å²) in [6.07, 6.45) is 1.28. The SMILES string of the molecule is Cc1cc(C)c(Oc2nc(-c3ccc(F)cc3)ccc2C(=O)NS(=O)(=O)c2ccc[nH]c2=O)c(C)c1.[HH].[HH]. The second-order valence-corrected chi connectivity index (χ2v) is 9.83. The maximum atomic E-state index is 13.4. The molecule has 10 heteroatoms. The van der Waals surface area contributed by atoms with Gasteiger partial charge in [-0.05, 0) is 80.4 Å². The van der Waals surface area contributed by atoms with Crippen molar-refractivity contribution >= 4 is 15.9 Å². The third-order valence-electron chi connectivity index (χ3n) is 5.35. The number of ether oxygens (including phenoxy) is 1. The molecule has 0 spiro atoms. The lowest BCUT2D eigenvalue weighted by molar-refractivity contribution is 0.0978. The van der Waals surface area contributed by atoms with Gasteiger partial charge >= 0.3 is 0 Å². The smallest absolute Gasteiger partial charge is 0.270 e. The van der Waals surface area contributed by atoms with Crippen LogP contribution in [-0.4, -0.2) is 24.3 Å². The number of aryl methyl sites for hydroxylation is 3. The second kappa shape index (κ2) is 9.74. The van der Waals surface area contributed by atoms with E-state index in [1.165, 1.54) is 48.7 Å². The number of aromatic amines is 1. The van der Waals surface area contributed by atoms with Crippen LogP contribution >= 0.6 is 0 Å². The number of hydrogen-bond acceptors (Lipinski definition) is 6. The van der Waals surface area contributed by atoms with Gasteiger partial charge < -0.3 is 9.72 Å². The summed E-state index contributed by atoms with van der Waals surface area (Å²) in [7, 11) is -4.49. The van der Waals surface area contributed by atoms with E-state index in [0.717, 1.165) is 22.8 Å². The summed E-state index contributed by atoms with van der Waals surface area (Å²) in [5.74, 6) is -1.14. The molecule has 0 fully saturated rings. The number of carbonyl (C=O) groups is 1. The number of H-pyrrole nitrogens is 1. The summed E-state index contributed by atoms with van der Waals surface area (Å²) in [6, 6.07) is 14.7. The van der Waals surface area contributed by atoms with Gasteiger partial charge in [0.25, 0.3) is 21.5 Å². The molecule has 8 nitrogen and oxygen atoms in total. The van der Waals surface area contributed by atoms with Crippen molar-refractivity contribution < 1.29 is 25.2 Å². The zero-order chi connectivity index (χ0) is 26.0. The fourth-order valence-corrected chi connectivity index (χ4v) is 4.77. The minimum atomic E-state index is -4.49. The Morgan fingerprint density at radius 2 is 1.69 bits per heavy atom. The van der Waals surface area contributed by atoms with Gasteiger partial charge in [0.05, 0.1) is 5.69 Å². The van der Waals surface area contributed by atoms with Gasteiger partial charge in [0.2, 0.25) is 5.88 Å². The van der Waals surface area contributed by atoms with E-state index in [-0.39, 0.29) is 14.3 Å². The van der Waals surface area contributed by atoms with Crippen LogP contribution in [0.2, 0.25) is 0 Å². The van der Waals surface area contributed by atoms with Crippen molar-refractivity contribution in [1.29, 1.82) is 0 Å². The molecule has 0 aliphatic heterocycles. The molecular weight excluding hydrogens is 485 g/mol. The third-order valence-corrected chi connectivity index (χ3v) is 6.70. The Bertz CT molecular complexity index is 1620.